The summed E-state index contributed by atoms with van der Waals surface area (Å²) >= 11 is 0. The Morgan fingerprint density at radius 1 is 1.08 bits per heavy atom. The van der Waals surface area contributed by atoms with Gasteiger partial charge in [-0.1, -0.05) is 17.7 Å². The lowest BCUT2D eigenvalue weighted by Gasteiger charge is -2.15. The number of halogens is 2. The van der Waals surface area contributed by atoms with Crippen LogP contribution >= 0.6 is 0 Å². The van der Waals surface area contributed by atoms with Gasteiger partial charge in [0, 0.05) is 18.0 Å². The van der Waals surface area contributed by atoms with Crippen LogP contribution in [0, 0.1) is 25.5 Å². The number of pyridine rings is 1. The van der Waals surface area contributed by atoms with E-state index in [2.05, 4.69) is 0 Å². The molecule has 0 spiro atoms. The molecule has 0 fully saturated rings. The monoisotopic (exact) mass is 329 g/mol. The smallest absolute Gasteiger partial charge is 0.341 e. The molecule has 1 N–H and O–H groups in total. The first kappa shape index (κ1) is 15.9. The Kier molecular flexibility index (Phi) is 3.67. The number of carboxylic acid groups (broad SMARTS) is 1. The van der Waals surface area contributed by atoms with Crippen LogP contribution in [0.1, 0.15) is 21.5 Å². The number of fused-ring (bicyclic) bond motifs is 1. The van der Waals surface area contributed by atoms with Gasteiger partial charge in [0.1, 0.15) is 5.56 Å². The quantitative estimate of drug-likeness (QED) is 0.782. The Morgan fingerprint density at radius 3 is 2.38 bits per heavy atom. The van der Waals surface area contributed by atoms with E-state index in [0.717, 1.165) is 29.5 Å². The fourth-order valence-electron chi connectivity index (χ4n) is 2.75. The van der Waals surface area contributed by atoms with E-state index in [9.17, 15) is 23.5 Å². The van der Waals surface area contributed by atoms with Crippen molar-refractivity contribution in [2.75, 3.05) is 0 Å². The number of aromatic nitrogens is 1. The van der Waals surface area contributed by atoms with E-state index in [1.807, 2.05) is 26.0 Å². The van der Waals surface area contributed by atoms with Crippen LogP contribution in [-0.2, 0) is 0 Å². The summed E-state index contributed by atoms with van der Waals surface area (Å²) in [6.45, 7) is 3.71. The molecule has 0 radical (unpaired) electrons. The van der Waals surface area contributed by atoms with Gasteiger partial charge in [-0.05, 0) is 31.5 Å². The third-order valence-corrected chi connectivity index (χ3v) is 3.89. The van der Waals surface area contributed by atoms with Crippen LogP contribution in [0.15, 0.2) is 41.3 Å². The summed E-state index contributed by atoms with van der Waals surface area (Å²) in [4.78, 5) is 23.6. The second-order valence-electron chi connectivity index (χ2n) is 5.62. The van der Waals surface area contributed by atoms with Crippen molar-refractivity contribution in [2.45, 2.75) is 13.8 Å². The average molecular weight is 329 g/mol. The summed E-state index contributed by atoms with van der Waals surface area (Å²) in [5, 5.41) is 9.07. The zero-order valence-electron chi connectivity index (χ0n) is 12.9. The standard InChI is InChI=1S/C18H13F2NO3/c1-9-3-4-15(10(2)5-9)21-8-12(18(23)24)17(22)11-6-13(19)14(20)7-16(11)21/h3-8H,1-2H3,(H,23,24). The maximum atomic E-state index is 13.7. The number of hydrogen-bond acceptors (Lipinski definition) is 2. The predicted molar refractivity (Wildman–Crippen MR) is 85.9 cm³/mol. The van der Waals surface area contributed by atoms with Gasteiger partial charge in [-0.2, -0.15) is 0 Å². The Morgan fingerprint density at radius 2 is 1.75 bits per heavy atom. The number of nitrogens with zero attached hydrogens (tertiary/aromatic N) is 1. The minimum Gasteiger partial charge on any atom is -0.477 e. The van der Waals surface area contributed by atoms with Gasteiger partial charge in [-0.15, -0.1) is 0 Å². The van der Waals surface area contributed by atoms with Gasteiger partial charge < -0.3 is 9.67 Å². The topological polar surface area (TPSA) is 59.3 Å². The summed E-state index contributed by atoms with van der Waals surface area (Å²) in [7, 11) is 0. The van der Waals surface area contributed by atoms with Crippen LogP contribution < -0.4 is 5.43 Å². The molecule has 0 atom stereocenters. The van der Waals surface area contributed by atoms with E-state index in [-0.39, 0.29) is 10.9 Å². The van der Waals surface area contributed by atoms with Crippen LogP contribution in [0.25, 0.3) is 16.6 Å². The SMILES string of the molecule is Cc1ccc(-n2cc(C(=O)O)c(=O)c3cc(F)c(F)cc32)c(C)c1. The maximum absolute atomic E-state index is 13.7. The normalized spacial score (nSPS) is 11.0. The van der Waals surface area contributed by atoms with Gasteiger partial charge in [0.25, 0.3) is 0 Å². The highest BCUT2D eigenvalue weighted by Gasteiger charge is 2.18. The predicted octanol–water partition coefficient (Wildman–Crippen LogP) is 3.58. The molecule has 0 unspecified atom stereocenters. The Hall–Kier alpha value is -3.02. The van der Waals surface area contributed by atoms with Crippen LogP contribution in [0.4, 0.5) is 8.78 Å². The molecule has 3 rings (SSSR count). The zero-order chi connectivity index (χ0) is 17.6. The maximum Gasteiger partial charge on any atom is 0.341 e. The van der Waals surface area contributed by atoms with E-state index >= 15 is 0 Å². The van der Waals surface area contributed by atoms with E-state index < -0.39 is 28.6 Å². The first-order chi connectivity index (χ1) is 11.3. The summed E-state index contributed by atoms with van der Waals surface area (Å²) < 4.78 is 28.7. The molecule has 0 aliphatic rings. The fraction of sp³-hybridized carbons (Fsp3) is 0.111. The molecule has 3 aromatic rings. The zero-order valence-corrected chi connectivity index (χ0v) is 12.9. The van der Waals surface area contributed by atoms with Crippen molar-refractivity contribution >= 4 is 16.9 Å². The molecule has 0 aliphatic carbocycles. The number of aryl methyl sites for hydroxylation is 2. The largest absolute Gasteiger partial charge is 0.477 e. The molecule has 6 heteroatoms. The minimum atomic E-state index is -1.43. The molecule has 122 valence electrons. The lowest BCUT2D eigenvalue weighted by molar-refractivity contribution is 0.0695. The van der Waals surface area contributed by atoms with Gasteiger partial charge >= 0.3 is 5.97 Å². The Labute approximate surface area is 135 Å². The van der Waals surface area contributed by atoms with Crippen molar-refractivity contribution < 1.29 is 18.7 Å². The lowest BCUT2D eigenvalue weighted by Crippen LogP contribution is -2.19. The molecule has 0 saturated carbocycles. The fourth-order valence-corrected chi connectivity index (χ4v) is 2.75. The molecule has 0 bridgehead atoms. The molecule has 0 amide bonds. The van der Waals surface area contributed by atoms with Crippen molar-refractivity contribution in [1.82, 2.24) is 4.57 Å². The second kappa shape index (κ2) is 5.56. The first-order valence-electron chi connectivity index (χ1n) is 7.15. The molecule has 0 aliphatic heterocycles. The van der Waals surface area contributed by atoms with Gasteiger partial charge in [0.05, 0.1) is 10.9 Å². The first-order valence-corrected chi connectivity index (χ1v) is 7.15. The summed E-state index contributed by atoms with van der Waals surface area (Å²) in [6.07, 6.45) is 1.14. The van der Waals surface area contributed by atoms with Crippen molar-refractivity contribution in [2.24, 2.45) is 0 Å². The highest BCUT2D eigenvalue weighted by atomic mass is 19.2. The van der Waals surface area contributed by atoms with E-state index in [1.165, 1.54) is 4.57 Å². The third kappa shape index (κ3) is 2.46. The number of aromatic carboxylic acids is 1. The van der Waals surface area contributed by atoms with E-state index in [4.69, 9.17) is 0 Å². The Balaban J connectivity index is 2.50. The molecule has 4 nitrogen and oxygen atoms in total. The highest BCUT2D eigenvalue weighted by molar-refractivity contribution is 5.93. The summed E-state index contributed by atoms with van der Waals surface area (Å²) in [6, 6.07) is 7.06. The van der Waals surface area contributed by atoms with Crippen LogP contribution in [0.2, 0.25) is 0 Å². The molecule has 1 aromatic heterocycles. The molecule has 0 saturated heterocycles. The van der Waals surface area contributed by atoms with Crippen LogP contribution in [0.5, 0.6) is 0 Å². The van der Waals surface area contributed by atoms with Crippen molar-refractivity contribution in [3.63, 3.8) is 0 Å². The number of rotatable bonds is 2. The lowest BCUT2D eigenvalue weighted by atomic mass is 10.1. The van der Waals surface area contributed by atoms with Crippen LogP contribution in [0.3, 0.4) is 0 Å². The number of carbonyl (C=O) groups is 1. The van der Waals surface area contributed by atoms with Gasteiger partial charge in [-0.25, -0.2) is 13.6 Å². The van der Waals surface area contributed by atoms with Crippen molar-refractivity contribution in [3.8, 4) is 5.69 Å². The third-order valence-electron chi connectivity index (χ3n) is 3.89. The van der Waals surface area contributed by atoms with E-state index in [1.54, 1.807) is 6.07 Å². The van der Waals surface area contributed by atoms with Crippen molar-refractivity contribution in [1.29, 1.82) is 0 Å². The van der Waals surface area contributed by atoms with E-state index in [0.29, 0.717) is 5.69 Å². The molecule has 1 heterocycles. The van der Waals surface area contributed by atoms with Crippen LogP contribution in [-0.4, -0.2) is 15.6 Å². The van der Waals surface area contributed by atoms with Gasteiger partial charge in [0.15, 0.2) is 11.6 Å². The number of hydrogen-bond donors (Lipinski definition) is 1. The number of carboxylic acids is 1. The second-order valence-corrected chi connectivity index (χ2v) is 5.62. The Bertz CT molecular complexity index is 1050. The van der Waals surface area contributed by atoms with Gasteiger partial charge in [0.2, 0.25) is 5.43 Å². The molecule has 2 aromatic carbocycles. The number of benzene rings is 2. The minimum absolute atomic E-state index is 0.107. The molecular weight excluding hydrogens is 316 g/mol. The van der Waals surface area contributed by atoms with Crippen molar-refractivity contribution in [3.05, 3.63) is 75.1 Å². The summed E-state index contributed by atoms with van der Waals surface area (Å²) in [5.74, 6) is -3.73. The van der Waals surface area contributed by atoms with Gasteiger partial charge in [-0.3, -0.25) is 4.79 Å². The summed E-state index contributed by atoms with van der Waals surface area (Å²) in [5.41, 5.74) is 1.14. The average Bonchev–Trinajstić information content (AvgIpc) is 2.50. The highest BCUT2D eigenvalue weighted by Crippen LogP contribution is 2.23. The molecule has 24 heavy (non-hydrogen) atoms. The molecular formula is C18H13F2NO3.